The fourth-order valence-electron chi connectivity index (χ4n) is 4.61. The Kier molecular flexibility index (Phi) is 6.90. The summed E-state index contributed by atoms with van der Waals surface area (Å²) in [5.74, 6) is 2.29. The van der Waals surface area contributed by atoms with E-state index in [1.54, 1.807) is 14.2 Å². The fourth-order valence-corrected chi connectivity index (χ4v) is 4.61. The Balaban J connectivity index is 1.27. The third kappa shape index (κ3) is 5.06. The van der Waals surface area contributed by atoms with E-state index in [1.807, 2.05) is 47.4 Å². The van der Waals surface area contributed by atoms with Gasteiger partial charge in [0.1, 0.15) is 17.2 Å². The summed E-state index contributed by atoms with van der Waals surface area (Å²) in [6, 6.07) is 13.6. The highest BCUT2D eigenvalue weighted by Crippen LogP contribution is 2.25. The molecule has 5 rings (SSSR count). The first-order valence-electron chi connectivity index (χ1n) is 12.3. The van der Waals surface area contributed by atoms with Gasteiger partial charge in [0.25, 0.3) is 5.91 Å². The van der Waals surface area contributed by atoms with Gasteiger partial charge in [0.15, 0.2) is 5.82 Å². The normalized spacial score (nSPS) is 14.4. The lowest BCUT2D eigenvalue weighted by Crippen LogP contribution is -2.48. The number of fused-ring (bicyclic) bond motifs is 1. The van der Waals surface area contributed by atoms with Crippen molar-refractivity contribution in [2.45, 2.75) is 19.8 Å². The lowest BCUT2D eigenvalue weighted by atomic mass is 10.1. The summed E-state index contributed by atoms with van der Waals surface area (Å²) < 4.78 is 10.7. The number of ether oxygens (including phenoxy) is 2. The summed E-state index contributed by atoms with van der Waals surface area (Å²) in [5.41, 5.74) is 5.19. The SMILES string of the molecule is CCN1CCN(C(=O)c2ccc3[nH]c(-c4cc(CCc5cc(OC)cc(OC)c5)[nH]n4)nc3c2)CC1. The number of aryl methyl sites for hydroxylation is 2. The quantitative estimate of drug-likeness (QED) is 0.394. The number of imidazole rings is 1. The number of aromatic nitrogens is 4. The maximum Gasteiger partial charge on any atom is 0.254 e. The summed E-state index contributed by atoms with van der Waals surface area (Å²) in [6.07, 6.45) is 1.60. The number of aromatic amines is 2. The number of amides is 1. The number of rotatable bonds is 8. The highest BCUT2D eigenvalue weighted by atomic mass is 16.5. The van der Waals surface area contributed by atoms with Crippen LogP contribution in [0.25, 0.3) is 22.6 Å². The number of likely N-dealkylation sites (N-methyl/N-ethyl adjacent to an activating group) is 1. The van der Waals surface area contributed by atoms with Crippen LogP contribution >= 0.6 is 0 Å². The Morgan fingerprint density at radius 1 is 0.972 bits per heavy atom. The third-order valence-corrected chi connectivity index (χ3v) is 6.80. The number of nitrogens with zero attached hydrogens (tertiary/aromatic N) is 4. The molecule has 1 saturated heterocycles. The van der Waals surface area contributed by atoms with E-state index in [0.29, 0.717) is 11.4 Å². The molecule has 4 aromatic rings. The first kappa shape index (κ1) is 23.9. The molecule has 2 N–H and O–H groups in total. The van der Waals surface area contributed by atoms with Crippen LogP contribution in [0.5, 0.6) is 11.5 Å². The van der Waals surface area contributed by atoms with Crippen molar-refractivity contribution in [1.29, 1.82) is 0 Å². The molecule has 0 atom stereocenters. The molecule has 0 aliphatic carbocycles. The van der Waals surface area contributed by atoms with Crippen LogP contribution in [0.15, 0.2) is 42.5 Å². The molecular weight excluding hydrogens is 456 g/mol. The molecular formula is C27H32N6O3. The molecule has 9 heteroatoms. The molecule has 2 aromatic heterocycles. The van der Waals surface area contributed by atoms with Crippen molar-refractivity contribution in [2.24, 2.45) is 0 Å². The minimum Gasteiger partial charge on any atom is -0.497 e. The monoisotopic (exact) mass is 488 g/mol. The number of H-pyrrole nitrogens is 2. The van der Waals surface area contributed by atoms with Gasteiger partial charge in [0.05, 0.1) is 25.3 Å². The summed E-state index contributed by atoms with van der Waals surface area (Å²) in [4.78, 5) is 25.4. The zero-order chi connectivity index (χ0) is 25.1. The number of nitrogens with one attached hydrogen (secondary N) is 2. The largest absolute Gasteiger partial charge is 0.497 e. The summed E-state index contributed by atoms with van der Waals surface area (Å²) >= 11 is 0. The van der Waals surface area contributed by atoms with Gasteiger partial charge in [-0.2, -0.15) is 5.10 Å². The Morgan fingerprint density at radius 3 is 2.42 bits per heavy atom. The number of hydrogen-bond acceptors (Lipinski definition) is 6. The van der Waals surface area contributed by atoms with Gasteiger partial charge < -0.3 is 24.3 Å². The second kappa shape index (κ2) is 10.4. The van der Waals surface area contributed by atoms with Crippen LogP contribution in [0.1, 0.15) is 28.5 Å². The molecule has 1 aliphatic heterocycles. The van der Waals surface area contributed by atoms with E-state index in [9.17, 15) is 4.79 Å². The Morgan fingerprint density at radius 2 is 1.72 bits per heavy atom. The highest BCUT2D eigenvalue weighted by molar-refractivity contribution is 5.97. The molecule has 0 unspecified atom stereocenters. The molecule has 1 fully saturated rings. The number of benzene rings is 2. The van der Waals surface area contributed by atoms with Gasteiger partial charge in [-0.1, -0.05) is 6.92 Å². The fraction of sp³-hybridized carbons (Fsp3) is 0.370. The lowest BCUT2D eigenvalue weighted by Gasteiger charge is -2.34. The molecule has 1 aliphatic rings. The van der Waals surface area contributed by atoms with Crippen LogP contribution in [0.4, 0.5) is 0 Å². The molecule has 9 nitrogen and oxygen atoms in total. The summed E-state index contributed by atoms with van der Waals surface area (Å²) in [5, 5.41) is 7.58. The molecule has 0 saturated carbocycles. The third-order valence-electron chi connectivity index (χ3n) is 6.80. The molecule has 0 spiro atoms. The second-order valence-electron chi connectivity index (χ2n) is 9.04. The van der Waals surface area contributed by atoms with Crippen LogP contribution in [-0.2, 0) is 12.8 Å². The van der Waals surface area contributed by atoms with Crippen LogP contribution < -0.4 is 9.47 Å². The van der Waals surface area contributed by atoms with Crippen molar-refractivity contribution < 1.29 is 14.3 Å². The van der Waals surface area contributed by atoms with E-state index in [-0.39, 0.29) is 5.91 Å². The first-order chi connectivity index (χ1) is 17.6. The maximum absolute atomic E-state index is 13.0. The van der Waals surface area contributed by atoms with Gasteiger partial charge in [0.2, 0.25) is 0 Å². The van der Waals surface area contributed by atoms with Gasteiger partial charge in [-0.05, 0) is 61.3 Å². The van der Waals surface area contributed by atoms with Crippen LogP contribution in [-0.4, -0.2) is 82.8 Å². The minimum atomic E-state index is 0.0634. The van der Waals surface area contributed by atoms with E-state index >= 15 is 0 Å². The van der Waals surface area contributed by atoms with Gasteiger partial charge in [-0.3, -0.25) is 9.89 Å². The molecule has 0 radical (unpaired) electrons. The van der Waals surface area contributed by atoms with Gasteiger partial charge in [0, 0.05) is 43.5 Å². The zero-order valence-corrected chi connectivity index (χ0v) is 21.0. The highest BCUT2D eigenvalue weighted by Gasteiger charge is 2.22. The first-order valence-corrected chi connectivity index (χ1v) is 12.3. The van der Waals surface area contributed by atoms with Crippen molar-refractivity contribution in [1.82, 2.24) is 30.0 Å². The van der Waals surface area contributed by atoms with E-state index in [2.05, 4.69) is 27.0 Å². The van der Waals surface area contributed by atoms with E-state index in [0.717, 1.165) is 85.0 Å². The van der Waals surface area contributed by atoms with Crippen LogP contribution in [0.2, 0.25) is 0 Å². The molecule has 0 bridgehead atoms. The maximum atomic E-state index is 13.0. The second-order valence-corrected chi connectivity index (χ2v) is 9.04. The van der Waals surface area contributed by atoms with E-state index in [1.165, 1.54) is 0 Å². The smallest absolute Gasteiger partial charge is 0.254 e. The standard InChI is InChI=1S/C27H32N6O3/c1-4-32-9-11-33(12-10-32)27(34)19-6-8-23-24(15-19)29-26(28-23)25-16-20(30-31-25)7-5-18-13-21(35-2)17-22(14-18)36-3/h6,8,13-17H,4-5,7,9-12H2,1-3H3,(H,28,29)(H,30,31). The van der Waals surface area contributed by atoms with Crippen molar-refractivity contribution in [2.75, 3.05) is 46.9 Å². The molecule has 2 aromatic carbocycles. The average molecular weight is 489 g/mol. The van der Waals surface area contributed by atoms with Crippen LogP contribution in [0.3, 0.4) is 0 Å². The van der Waals surface area contributed by atoms with Gasteiger partial charge in [-0.15, -0.1) is 0 Å². The number of carbonyl (C=O) groups excluding carboxylic acids is 1. The average Bonchev–Trinajstić information content (AvgIpc) is 3.58. The van der Waals surface area contributed by atoms with Crippen molar-refractivity contribution in [3.8, 4) is 23.0 Å². The van der Waals surface area contributed by atoms with Crippen molar-refractivity contribution in [3.05, 3.63) is 59.3 Å². The molecule has 36 heavy (non-hydrogen) atoms. The Bertz CT molecular complexity index is 1330. The predicted octanol–water partition coefficient (Wildman–Crippen LogP) is 3.53. The molecule has 3 heterocycles. The predicted molar refractivity (Wildman–Crippen MR) is 139 cm³/mol. The Hall–Kier alpha value is -3.85. The van der Waals surface area contributed by atoms with Crippen molar-refractivity contribution in [3.63, 3.8) is 0 Å². The van der Waals surface area contributed by atoms with E-state index in [4.69, 9.17) is 14.5 Å². The van der Waals surface area contributed by atoms with Crippen molar-refractivity contribution >= 4 is 16.9 Å². The molecule has 1 amide bonds. The topological polar surface area (TPSA) is 99.4 Å². The van der Waals surface area contributed by atoms with E-state index < -0.39 is 0 Å². The van der Waals surface area contributed by atoms with Crippen LogP contribution in [0, 0.1) is 0 Å². The van der Waals surface area contributed by atoms with Gasteiger partial charge >= 0.3 is 0 Å². The molecule has 188 valence electrons. The lowest BCUT2D eigenvalue weighted by molar-refractivity contribution is 0.0643. The Labute approximate surface area is 210 Å². The number of methoxy groups -OCH3 is 2. The zero-order valence-electron chi connectivity index (χ0n) is 21.0. The number of carbonyl (C=O) groups is 1. The summed E-state index contributed by atoms with van der Waals surface area (Å²) in [6.45, 7) is 6.54. The number of hydrogen-bond donors (Lipinski definition) is 2. The summed E-state index contributed by atoms with van der Waals surface area (Å²) in [7, 11) is 3.30. The number of piperazine rings is 1. The van der Waals surface area contributed by atoms with Gasteiger partial charge in [-0.25, -0.2) is 4.98 Å². The minimum absolute atomic E-state index is 0.0634.